The van der Waals surface area contributed by atoms with E-state index in [2.05, 4.69) is 15.3 Å². The summed E-state index contributed by atoms with van der Waals surface area (Å²) in [7, 11) is 0. The van der Waals surface area contributed by atoms with Crippen LogP contribution >= 0.6 is 0 Å². The van der Waals surface area contributed by atoms with Crippen molar-refractivity contribution in [3.63, 3.8) is 0 Å². The number of pyridine rings is 2. The van der Waals surface area contributed by atoms with Crippen LogP contribution in [-0.4, -0.2) is 14.9 Å². The molecule has 0 unspecified atom stereocenters. The Morgan fingerprint density at radius 1 is 0.920 bits per heavy atom. The van der Waals surface area contributed by atoms with Crippen LogP contribution in [-0.2, 0) is 6.54 Å². The highest BCUT2D eigenvalue weighted by atomic mass is 16.6. The molecule has 25 heavy (non-hydrogen) atoms. The summed E-state index contributed by atoms with van der Waals surface area (Å²) in [6, 6.07) is 16.6. The van der Waals surface area contributed by atoms with Crippen LogP contribution in [0.3, 0.4) is 0 Å². The molecule has 122 valence electrons. The average Bonchev–Trinajstić information content (AvgIpc) is 2.65. The predicted octanol–water partition coefficient (Wildman–Crippen LogP) is 4.30. The van der Waals surface area contributed by atoms with Crippen molar-refractivity contribution in [2.24, 2.45) is 0 Å². The standard InChI is InChI=1S/C19H14N4O2/c24-23(25)17-9-8-16(19-15(17)7-3-11-21-19)22-12-14-5-1-4-13-6-2-10-20-18(13)14/h1-11,22H,12H2. The van der Waals surface area contributed by atoms with Gasteiger partial charge in [-0.25, -0.2) is 0 Å². The highest BCUT2D eigenvalue weighted by Crippen LogP contribution is 2.30. The Labute approximate surface area is 143 Å². The van der Waals surface area contributed by atoms with Crippen molar-refractivity contribution in [3.8, 4) is 0 Å². The number of nitrogens with zero attached hydrogens (tertiary/aromatic N) is 3. The van der Waals surface area contributed by atoms with E-state index in [1.165, 1.54) is 6.07 Å². The lowest BCUT2D eigenvalue weighted by molar-refractivity contribution is -0.383. The van der Waals surface area contributed by atoms with Gasteiger partial charge in [-0.2, -0.15) is 0 Å². The number of anilines is 1. The first kappa shape index (κ1) is 15.0. The van der Waals surface area contributed by atoms with E-state index in [4.69, 9.17) is 0 Å². The number of hydrogen-bond donors (Lipinski definition) is 1. The maximum absolute atomic E-state index is 11.2. The minimum atomic E-state index is -0.386. The molecule has 0 aliphatic carbocycles. The second-order valence-electron chi connectivity index (χ2n) is 5.63. The molecule has 0 aliphatic rings. The summed E-state index contributed by atoms with van der Waals surface area (Å²) in [6.45, 7) is 0.553. The fourth-order valence-electron chi connectivity index (χ4n) is 2.96. The number of nitro benzene ring substituents is 1. The van der Waals surface area contributed by atoms with Gasteiger partial charge in [0.15, 0.2) is 0 Å². The molecule has 0 saturated carbocycles. The van der Waals surface area contributed by atoms with Gasteiger partial charge >= 0.3 is 0 Å². The molecule has 4 aromatic rings. The summed E-state index contributed by atoms with van der Waals surface area (Å²) >= 11 is 0. The lowest BCUT2D eigenvalue weighted by atomic mass is 10.1. The Kier molecular flexibility index (Phi) is 3.70. The van der Waals surface area contributed by atoms with Gasteiger partial charge in [0.05, 0.1) is 21.5 Å². The topological polar surface area (TPSA) is 81.0 Å². The van der Waals surface area contributed by atoms with Crippen LogP contribution in [0.1, 0.15) is 5.56 Å². The van der Waals surface area contributed by atoms with Crippen LogP contribution in [0, 0.1) is 10.1 Å². The number of aromatic nitrogens is 2. The Balaban J connectivity index is 1.72. The van der Waals surface area contributed by atoms with Crippen LogP contribution < -0.4 is 5.32 Å². The number of non-ortho nitro benzene ring substituents is 1. The van der Waals surface area contributed by atoms with Gasteiger partial charge < -0.3 is 5.32 Å². The molecular weight excluding hydrogens is 316 g/mol. The molecule has 4 rings (SSSR count). The van der Waals surface area contributed by atoms with E-state index in [9.17, 15) is 10.1 Å². The molecule has 0 fully saturated rings. The third-order valence-electron chi connectivity index (χ3n) is 4.13. The van der Waals surface area contributed by atoms with Gasteiger partial charge in [-0.3, -0.25) is 20.1 Å². The summed E-state index contributed by atoms with van der Waals surface area (Å²) in [5.41, 5.74) is 3.40. The molecule has 2 heterocycles. The number of para-hydroxylation sites is 1. The van der Waals surface area contributed by atoms with Gasteiger partial charge in [-0.05, 0) is 29.8 Å². The maximum Gasteiger partial charge on any atom is 0.278 e. The Hall–Kier alpha value is -3.54. The number of nitrogens with one attached hydrogen (secondary N) is 1. The van der Waals surface area contributed by atoms with Crippen molar-refractivity contribution in [1.29, 1.82) is 0 Å². The number of hydrogen-bond acceptors (Lipinski definition) is 5. The molecule has 0 amide bonds. The average molecular weight is 330 g/mol. The normalized spacial score (nSPS) is 10.9. The second-order valence-corrected chi connectivity index (χ2v) is 5.63. The SMILES string of the molecule is O=[N+]([O-])c1ccc(NCc2cccc3cccnc23)c2ncccc12. The monoisotopic (exact) mass is 330 g/mol. The molecule has 6 nitrogen and oxygen atoms in total. The Bertz CT molecular complexity index is 1090. The van der Waals surface area contributed by atoms with E-state index in [0.717, 1.165) is 22.2 Å². The van der Waals surface area contributed by atoms with E-state index >= 15 is 0 Å². The Morgan fingerprint density at radius 3 is 2.52 bits per heavy atom. The molecule has 0 bridgehead atoms. The Morgan fingerprint density at radius 2 is 1.68 bits per heavy atom. The van der Waals surface area contributed by atoms with Crippen molar-refractivity contribution in [2.45, 2.75) is 6.54 Å². The smallest absolute Gasteiger partial charge is 0.278 e. The van der Waals surface area contributed by atoms with Gasteiger partial charge in [0.2, 0.25) is 0 Å². The highest BCUT2D eigenvalue weighted by Gasteiger charge is 2.15. The van der Waals surface area contributed by atoms with Gasteiger partial charge in [0.25, 0.3) is 5.69 Å². The summed E-state index contributed by atoms with van der Waals surface area (Å²) in [5, 5.41) is 16.1. The minimum Gasteiger partial charge on any atom is -0.379 e. The van der Waals surface area contributed by atoms with Gasteiger partial charge in [0, 0.05) is 30.4 Å². The van der Waals surface area contributed by atoms with Crippen LogP contribution in [0.25, 0.3) is 21.8 Å². The zero-order chi connectivity index (χ0) is 17.2. The van der Waals surface area contributed by atoms with Gasteiger partial charge in [-0.15, -0.1) is 0 Å². The van der Waals surface area contributed by atoms with Crippen LogP contribution in [0.2, 0.25) is 0 Å². The first-order valence-electron chi connectivity index (χ1n) is 7.82. The molecule has 2 aromatic heterocycles. The summed E-state index contributed by atoms with van der Waals surface area (Å²) in [6.07, 6.45) is 3.41. The predicted molar refractivity (Wildman–Crippen MR) is 97.5 cm³/mol. The van der Waals surface area contributed by atoms with E-state index in [1.807, 2.05) is 30.3 Å². The van der Waals surface area contributed by atoms with Crippen LogP contribution in [0.5, 0.6) is 0 Å². The fourth-order valence-corrected chi connectivity index (χ4v) is 2.96. The summed E-state index contributed by atoms with van der Waals surface area (Å²) < 4.78 is 0. The summed E-state index contributed by atoms with van der Waals surface area (Å²) in [4.78, 5) is 19.6. The van der Waals surface area contributed by atoms with Crippen LogP contribution in [0.15, 0.2) is 67.0 Å². The minimum absolute atomic E-state index is 0.0560. The fraction of sp³-hybridized carbons (Fsp3) is 0.0526. The molecule has 1 N–H and O–H groups in total. The van der Waals surface area contributed by atoms with Crippen LogP contribution in [0.4, 0.5) is 11.4 Å². The van der Waals surface area contributed by atoms with Crippen molar-refractivity contribution in [2.75, 3.05) is 5.32 Å². The van der Waals surface area contributed by atoms with Crippen molar-refractivity contribution in [1.82, 2.24) is 9.97 Å². The highest BCUT2D eigenvalue weighted by molar-refractivity contribution is 5.96. The van der Waals surface area contributed by atoms with E-state index in [1.54, 1.807) is 30.6 Å². The van der Waals surface area contributed by atoms with E-state index in [0.29, 0.717) is 17.4 Å². The molecule has 0 saturated heterocycles. The number of rotatable bonds is 4. The quantitative estimate of drug-likeness (QED) is 0.445. The lowest BCUT2D eigenvalue weighted by Gasteiger charge is -2.11. The van der Waals surface area contributed by atoms with Gasteiger partial charge in [-0.1, -0.05) is 24.3 Å². The first-order chi connectivity index (χ1) is 12.2. The lowest BCUT2D eigenvalue weighted by Crippen LogP contribution is -2.02. The van der Waals surface area contributed by atoms with Crippen molar-refractivity contribution < 1.29 is 4.92 Å². The molecule has 6 heteroatoms. The molecular formula is C19H14N4O2. The molecule has 2 aromatic carbocycles. The van der Waals surface area contributed by atoms with Crippen molar-refractivity contribution >= 4 is 33.2 Å². The zero-order valence-corrected chi connectivity index (χ0v) is 13.2. The third-order valence-corrected chi connectivity index (χ3v) is 4.13. The number of benzene rings is 2. The maximum atomic E-state index is 11.2. The molecule has 0 atom stereocenters. The second kappa shape index (κ2) is 6.16. The molecule has 0 radical (unpaired) electrons. The zero-order valence-electron chi connectivity index (χ0n) is 13.2. The summed E-state index contributed by atoms with van der Waals surface area (Å²) in [5.74, 6) is 0. The number of nitro groups is 1. The van der Waals surface area contributed by atoms with Gasteiger partial charge in [0.1, 0.15) is 5.52 Å². The first-order valence-corrected chi connectivity index (χ1v) is 7.82. The third kappa shape index (κ3) is 2.74. The van der Waals surface area contributed by atoms with E-state index in [-0.39, 0.29) is 10.6 Å². The largest absolute Gasteiger partial charge is 0.379 e. The van der Waals surface area contributed by atoms with E-state index < -0.39 is 0 Å². The molecule has 0 aliphatic heterocycles. The van der Waals surface area contributed by atoms with Crippen molar-refractivity contribution in [3.05, 3.63) is 82.7 Å². The molecule has 0 spiro atoms. The number of fused-ring (bicyclic) bond motifs is 2.